The molecule has 0 radical (unpaired) electrons. The fraction of sp³-hybridized carbons (Fsp3) is 0.208. The second-order valence-corrected chi connectivity index (χ2v) is 19.2. The molecule has 0 aromatic heterocycles. The second kappa shape index (κ2) is 18.2. The molecule has 4 atom stereocenters. The summed E-state index contributed by atoms with van der Waals surface area (Å²) < 4.78 is 43.9. The van der Waals surface area contributed by atoms with E-state index >= 15 is 0 Å². The molecule has 2 saturated heterocycles. The molecule has 2 heterocycles. The Morgan fingerprint density at radius 3 is 1.16 bits per heavy atom. The van der Waals surface area contributed by atoms with Gasteiger partial charge in [0, 0.05) is 12.8 Å². The summed E-state index contributed by atoms with van der Waals surface area (Å²) in [6.07, 6.45) is -1.99. The zero-order chi connectivity index (χ0) is 41.7. The van der Waals surface area contributed by atoms with Crippen molar-refractivity contribution in [2.45, 2.75) is 54.8 Å². The molecule has 7 aromatic carbocycles. The van der Waals surface area contributed by atoms with E-state index in [2.05, 4.69) is 140 Å². The van der Waals surface area contributed by atoms with Gasteiger partial charge in [-0.1, -0.05) is 212 Å². The van der Waals surface area contributed by atoms with Crippen LogP contribution in [0.5, 0.6) is 0 Å². The highest BCUT2D eigenvalue weighted by Gasteiger charge is 2.67. The molecule has 0 bridgehead atoms. The van der Waals surface area contributed by atoms with Gasteiger partial charge in [0.2, 0.25) is 0 Å². The van der Waals surface area contributed by atoms with Crippen LogP contribution in [0.25, 0.3) is 0 Å². The van der Waals surface area contributed by atoms with Crippen molar-refractivity contribution in [1.29, 1.82) is 0 Å². The van der Waals surface area contributed by atoms with Gasteiger partial charge in [0.05, 0.1) is 6.61 Å². The number of fused-ring (bicyclic) bond motifs is 1. The first-order valence-corrected chi connectivity index (χ1v) is 23.3. The lowest BCUT2D eigenvalue weighted by atomic mass is 9.72. The van der Waals surface area contributed by atoms with Crippen molar-refractivity contribution in [1.82, 2.24) is 0 Å². The van der Waals surface area contributed by atoms with Crippen LogP contribution in [-0.2, 0) is 39.0 Å². The molecule has 61 heavy (non-hydrogen) atoms. The molecular formula is C53H50O6P2. The number of methoxy groups -OCH3 is 1. The molecule has 0 N–H and O–H groups in total. The third-order valence-electron chi connectivity index (χ3n) is 11.5. The molecule has 6 nitrogen and oxygen atoms in total. The largest absolute Gasteiger partial charge is 0.382 e. The van der Waals surface area contributed by atoms with E-state index in [0.29, 0.717) is 0 Å². The van der Waals surface area contributed by atoms with E-state index in [1.807, 2.05) is 86.6 Å². The minimum absolute atomic E-state index is 0.185. The Bertz CT molecular complexity index is 2210. The molecule has 0 unspecified atom stereocenters. The molecule has 0 amide bonds. The van der Waals surface area contributed by atoms with E-state index in [-0.39, 0.29) is 12.3 Å². The normalized spacial score (nSPS) is 20.3. The fourth-order valence-corrected chi connectivity index (χ4v) is 13.6. The predicted molar refractivity (Wildman–Crippen MR) is 245 cm³/mol. The summed E-state index contributed by atoms with van der Waals surface area (Å²) in [5.41, 5.74) is 2.01. The van der Waals surface area contributed by atoms with Crippen molar-refractivity contribution >= 4 is 27.1 Å². The van der Waals surface area contributed by atoms with E-state index < -0.39 is 51.8 Å². The molecular weight excluding hydrogens is 795 g/mol. The highest BCUT2D eigenvalue weighted by Crippen LogP contribution is 2.66. The first kappa shape index (κ1) is 41.5. The van der Waals surface area contributed by atoms with E-state index in [9.17, 15) is 0 Å². The van der Waals surface area contributed by atoms with Crippen LogP contribution in [0.3, 0.4) is 0 Å². The van der Waals surface area contributed by atoms with Gasteiger partial charge in [0.25, 0.3) is 0 Å². The Balaban J connectivity index is 1.30. The smallest absolute Gasteiger partial charge is 0.335 e. The van der Waals surface area contributed by atoms with Gasteiger partial charge in [-0.05, 0) is 60.2 Å². The topological polar surface area (TPSA) is 55.4 Å². The highest BCUT2D eigenvalue weighted by atomic mass is 31.2. The Hall–Kier alpha value is -4.84. The van der Waals surface area contributed by atoms with Crippen molar-refractivity contribution in [3.05, 3.63) is 240 Å². The first-order chi connectivity index (χ1) is 29.9. The molecule has 0 aliphatic carbocycles. The summed E-state index contributed by atoms with van der Waals surface area (Å²) in [7, 11) is -1.63. The molecule has 9 rings (SSSR count). The van der Waals surface area contributed by atoms with Crippen LogP contribution in [0.4, 0.5) is 0 Å². The maximum absolute atomic E-state index is 7.80. The number of ether oxygens (including phenoxy) is 3. The predicted octanol–water partition coefficient (Wildman–Crippen LogP) is 11.6. The Morgan fingerprint density at radius 1 is 0.492 bits per heavy atom. The van der Waals surface area contributed by atoms with Gasteiger partial charge in [0.15, 0.2) is 17.0 Å². The third kappa shape index (κ3) is 8.17. The molecule has 308 valence electrons. The van der Waals surface area contributed by atoms with Crippen molar-refractivity contribution < 1.29 is 27.8 Å². The Morgan fingerprint density at radius 2 is 0.820 bits per heavy atom. The zero-order valence-electron chi connectivity index (χ0n) is 34.6. The quantitative estimate of drug-likeness (QED) is 0.108. The zero-order valence-corrected chi connectivity index (χ0v) is 36.4. The van der Waals surface area contributed by atoms with E-state index in [1.54, 1.807) is 7.11 Å². The van der Waals surface area contributed by atoms with Gasteiger partial charge in [-0.25, -0.2) is 0 Å². The van der Waals surface area contributed by atoms with Crippen LogP contribution in [0, 0.1) is 0 Å². The van der Waals surface area contributed by atoms with Crippen LogP contribution in [-0.4, -0.2) is 37.8 Å². The fourth-order valence-electron chi connectivity index (χ4n) is 8.98. The molecule has 2 aliphatic rings. The average Bonchev–Trinajstić information content (AvgIpc) is 3.60. The van der Waals surface area contributed by atoms with Gasteiger partial charge in [-0.2, -0.15) is 0 Å². The number of rotatable bonds is 13. The van der Waals surface area contributed by atoms with Crippen molar-refractivity contribution in [2.75, 3.05) is 13.7 Å². The Labute approximate surface area is 362 Å². The lowest BCUT2D eigenvalue weighted by Gasteiger charge is -2.41. The summed E-state index contributed by atoms with van der Waals surface area (Å²) in [5.74, 6) is -1.01. The monoisotopic (exact) mass is 844 g/mol. The van der Waals surface area contributed by atoms with E-state index in [1.165, 1.54) is 10.6 Å². The average molecular weight is 845 g/mol. The van der Waals surface area contributed by atoms with Crippen LogP contribution >= 0.6 is 16.5 Å². The van der Waals surface area contributed by atoms with Crippen LogP contribution in [0.1, 0.15) is 47.3 Å². The molecule has 2 fully saturated rings. The Kier molecular flexibility index (Phi) is 12.4. The molecule has 8 heteroatoms. The maximum atomic E-state index is 7.80. The lowest BCUT2D eigenvalue weighted by molar-refractivity contribution is -0.177. The van der Waals surface area contributed by atoms with Crippen molar-refractivity contribution in [3.63, 3.8) is 0 Å². The minimum atomic E-state index is -2.29. The summed E-state index contributed by atoms with van der Waals surface area (Å²) in [6.45, 7) is 4.21. The number of benzene rings is 7. The van der Waals surface area contributed by atoms with Gasteiger partial charge >= 0.3 is 8.60 Å². The minimum Gasteiger partial charge on any atom is -0.382 e. The molecule has 0 spiro atoms. The summed E-state index contributed by atoms with van der Waals surface area (Å²) in [6, 6.07) is 73.5. The molecule has 0 saturated carbocycles. The van der Waals surface area contributed by atoms with Gasteiger partial charge < -0.3 is 18.7 Å². The summed E-state index contributed by atoms with van der Waals surface area (Å²) in [5, 5.41) is 2.45. The van der Waals surface area contributed by atoms with E-state index in [4.69, 9.17) is 27.8 Å². The lowest BCUT2D eigenvalue weighted by Crippen LogP contribution is -2.53. The van der Waals surface area contributed by atoms with Gasteiger partial charge in [-0.15, -0.1) is 0 Å². The standard InChI is InChI=1S/C53H50O6P2/c1-51(2)55-49-50(56-51)53(43-31-17-7-18-32-43,44-33-19-8-20-34-44)59-61(58-52(49,41-27-13-5-14-28-41)42-29-15-6-16-30-42)57-47(39-54-3)48(40-25-11-4-12-26-40)60(45-35-21-9-22-36-45)46-37-23-10-24-38-46/h4-38,47-50H,39H2,1-3H3/t47-,48+,49-,50-/m0/s1. The molecule has 2 aliphatic heterocycles. The maximum Gasteiger partial charge on any atom is 0.335 e. The summed E-state index contributed by atoms with van der Waals surface area (Å²) in [4.78, 5) is 0. The number of hydrogen-bond donors (Lipinski definition) is 0. The first-order valence-electron chi connectivity index (χ1n) is 20.8. The number of hydrogen-bond acceptors (Lipinski definition) is 6. The summed E-state index contributed by atoms with van der Waals surface area (Å²) >= 11 is 0. The third-order valence-corrected chi connectivity index (χ3v) is 15.8. The van der Waals surface area contributed by atoms with Gasteiger partial charge in [0.1, 0.15) is 18.3 Å². The second-order valence-electron chi connectivity index (χ2n) is 15.8. The SMILES string of the molecule is COC[C@H](OP1OC(c2ccccc2)(c2ccccc2)[C@H]2OC(C)(C)O[C@@H]2C(c2ccccc2)(c2ccccc2)O1)[C@@H](c1ccccc1)P(c1ccccc1)c1ccccc1. The molecule has 7 aromatic rings. The van der Waals surface area contributed by atoms with Crippen LogP contribution in [0.15, 0.2) is 212 Å². The van der Waals surface area contributed by atoms with E-state index in [0.717, 1.165) is 27.8 Å². The highest BCUT2D eigenvalue weighted by molar-refractivity contribution is 7.73. The van der Waals surface area contributed by atoms with Gasteiger partial charge in [-0.3, -0.25) is 9.05 Å². The van der Waals surface area contributed by atoms with Crippen LogP contribution < -0.4 is 10.6 Å². The van der Waals surface area contributed by atoms with Crippen LogP contribution in [0.2, 0.25) is 0 Å². The van der Waals surface area contributed by atoms with Crippen molar-refractivity contribution in [2.24, 2.45) is 0 Å². The van der Waals surface area contributed by atoms with Crippen molar-refractivity contribution in [3.8, 4) is 0 Å².